The van der Waals surface area contributed by atoms with Crippen LogP contribution in [-0.2, 0) is 4.74 Å². The van der Waals surface area contributed by atoms with E-state index in [0.29, 0.717) is 18.8 Å². The Morgan fingerprint density at radius 1 is 1.48 bits per heavy atom. The highest BCUT2D eigenvalue weighted by Crippen LogP contribution is 2.59. The van der Waals surface area contributed by atoms with Gasteiger partial charge in [0.2, 0.25) is 11.7 Å². The summed E-state index contributed by atoms with van der Waals surface area (Å²) in [4.78, 5) is 19.7. The van der Waals surface area contributed by atoms with Crippen molar-refractivity contribution in [3.05, 3.63) is 17.6 Å². The topological polar surface area (TPSA) is 76.1 Å². The molecule has 0 aromatic carbocycles. The Hall–Kier alpha value is -1.83. The number of halogens is 2. The monoisotopic (exact) mass is 326 g/mol. The maximum atomic E-state index is 13.3. The zero-order valence-corrected chi connectivity index (χ0v) is 13.2. The molecule has 126 valence electrons. The molecule has 1 spiro atoms. The minimum absolute atomic E-state index is 0.0266. The minimum atomic E-state index is -2.53. The molecule has 0 radical (unpaired) electrons. The largest absolute Gasteiger partial charge is 0.463 e. The van der Waals surface area contributed by atoms with Gasteiger partial charge in [-0.05, 0) is 24.8 Å². The van der Waals surface area contributed by atoms with Gasteiger partial charge < -0.3 is 15.4 Å². The van der Waals surface area contributed by atoms with Gasteiger partial charge >= 0.3 is 5.97 Å². The van der Waals surface area contributed by atoms with Crippen LogP contribution in [-0.4, -0.2) is 42.6 Å². The molecule has 1 aromatic rings. The molecule has 2 fully saturated rings. The summed E-state index contributed by atoms with van der Waals surface area (Å²) < 4.78 is 31.2. The van der Waals surface area contributed by atoms with Gasteiger partial charge in [-0.15, -0.1) is 0 Å². The van der Waals surface area contributed by atoms with Crippen LogP contribution in [0.3, 0.4) is 0 Å². The summed E-state index contributed by atoms with van der Waals surface area (Å²) >= 11 is 0. The van der Waals surface area contributed by atoms with Crippen molar-refractivity contribution in [2.75, 3.05) is 26.0 Å². The molecule has 0 amide bonds. The highest BCUT2D eigenvalue weighted by atomic mass is 19.3. The van der Waals surface area contributed by atoms with Gasteiger partial charge in [0.25, 0.3) is 0 Å². The average molecular weight is 326 g/mol. The van der Waals surface area contributed by atoms with E-state index in [1.54, 1.807) is 13.2 Å². The van der Waals surface area contributed by atoms with Crippen LogP contribution in [0.2, 0.25) is 0 Å². The Labute approximate surface area is 133 Å². The zero-order valence-electron chi connectivity index (χ0n) is 13.2. The Morgan fingerprint density at radius 2 is 2.22 bits per heavy atom. The number of carbonyl (C=O) groups is 1. The van der Waals surface area contributed by atoms with Gasteiger partial charge in [-0.25, -0.2) is 23.5 Å². The van der Waals surface area contributed by atoms with Crippen molar-refractivity contribution in [2.45, 2.75) is 37.6 Å². The van der Waals surface area contributed by atoms with E-state index in [-0.39, 0.29) is 30.1 Å². The van der Waals surface area contributed by atoms with Crippen LogP contribution in [0, 0.1) is 5.41 Å². The fourth-order valence-corrected chi connectivity index (χ4v) is 3.74. The number of aromatic nitrogens is 2. The van der Waals surface area contributed by atoms with E-state index in [9.17, 15) is 13.6 Å². The number of methoxy groups -OCH3 is 1. The van der Waals surface area contributed by atoms with Crippen molar-refractivity contribution < 1.29 is 18.3 Å². The lowest BCUT2D eigenvalue weighted by atomic mass is 9.59. The number of anilines is 1. The minimum Gasteiger partial charge on any atom is -0.463 e. The van der Waals surface area contributed by atoms with E-state index in [4.69, 9.17) is 0 Å². The van der Waals surface area contributed by atoms with Crippen LogP contribution < -0.4 is 10.6 Å². The fourth-order valence-electron chi connectivity index (χ4n) is 3.74. The second-order valence-electron chi connectivity index (χ2n) is 6.41. The molecule has 2 N–H and O–H groups in total. The van der Waals surface area contributed by atoms with Gasteiger partial charge in [0.05, 0.1) is 7.11 Å². The van der Waals surface area contributed by atoms with Gasteiger partial charge in [-0.1, -0.05) is 0 Å². The third-order valence-electron chi connectivity index (χ3n) is 4.75. The third-order valence-corrected chi connectivity index (χ3v) is 4.75. The highest BCUT2D eigenvalue weighted by Gasteiger charge is 2.57. The number of nitrogens with zero attached hydrogens (tertiary/aromatic N) is 2. The van der Waals surface area contributed by atoms with Gasteiger partial charge in [-0.3, -0.25) is 0 Å². The number of alkyl halides is 2. The molecule has 3 rings (SSSR count). The number of hydrogen-bond donors (Lipinski definition) is 2. The number of nitrogens with one attached hydrogen (secondary N) is 2. The molecule has 2 aliphatic rings. The predicted octanol–water partition coefficient (Wildman–Crippen LogP) is 2.14. The van der Waals surface area contributed by atoms with Crippen LogP contribution in [0.1, 0.15) is 47.9 Å². The SMILES string of the molecule is CNc1nc(C(=O)OC)ncc1C1CC2(CCN1)CC(F)(F)C2. The number of carbonyl (C=O) groups excluding carboxylic acids is 1. The summed E-state index contributed by atoms with van der Waals surface area (Å²) in [6.45, 7) is 0.683. The van der Waals surface area contributed by atoms with Gasteiger partial charge in [-0.2, -0.15) is 0 Å². The first-order valence-electron chi connectivity index (χ1n) is 7.62. The molecule has 2 heterocycles. The quantitative estimate of drug-likeness (QED) is 0.829. The Kier molecular flexibility index (Phi) is 3.95. The van der Waals surface area contributed by atoms with Crippen molar-refractivity contribution in [1.29, 1.82) is 0 Å². The summed E-state index contributed by atoms with van der Waals surface area (Å²) in [6.07, 6.45) is 2.86. The first-order valence-corrected chi connectivity index (χ1v) is 7.62. The maximum Gasteiger partial charge on any atom is 0.376 e. The van der Waals surface area contributed by atoms with E-state index < -0.39 is 11.9 Å². The van der Waals surface area contributed by atoms with E-state index in [0.717, 1.165) is 12.0 Å². The fraction of sp³-hybridized carbons (Fsp3) is 0.667. The van der Waals surface area contributed by atoms with Crippen molar-refractivity contribution >= 4 is 11.8 Å². The third kappa shape index (κ3) is 2.99. The summed E-state index contributed by atoms with van der Waals surface area (Å²) in [5, 5.41) is 6.29. The smallest absolute Gasteiger partial charge is 0.376 e. The number of hydrogen-bond acceptors (Lipinski definition) is 6. The van der Waals surface area contributed by atoms with Crippen molar-refractivity contribution in [1.82, 2.24) is 15.3 Å². The Balaban J connectivity index is 1.82. The Morgan fingerprint density at radius 3 is 2.83 bits per heavy atom. The van der Waals surface area contributed by atoms with Crippen LogP contribution >= 0.6 is 0 Å². The predicted molar refractivity (Wildman–Crippen MR) is 79.5 cm³/mol. The molecule has 1 saturated heterocycles. The molecule has 1 atom stereocenters. The molecular formula is C15H20F2N4O2. The molecular weight excluding hydrogens is 306 g/mol. The summed E-state index contributed by atoms with van der Waals surface area (Å²) in [7, 11) is 2.96. The normalized spacial score (nSPS) is 24.8. The first-order chi connectivity index (χ1) is 10.9. The molecule has 23 heavy (non-hydrogen) atoms. The average Bonchev–Trinajstić information content (AvgIpc) is 2.51. The van der Waals surface area contributed by atoms with Crippen LogP contribution in [0.15, 0.2) is 6.20 Å². The second kappa shape index (κ2) is 5.67. The zero-order chi connectivity index (χ0) is 16.7. The highest BCUT2D eigenvalue weighted by molar-refractivity contribution is 5.85. The van der Waals surface area contributed by atoms with E-state index in [2.05, 4.69) is 25.3 Å². The summed E-state index contributed by atoms with van der Waals surface area (Å²) in [5.41, 5.74) is 0.486. The van der Waals surface area contributed by atoms with Gasteiger partial charge in [0, 0.05) is 37.7 Å². The lowest BCUT2D eigenvalue weighted by Crippen LogP contribution is -2.52. The van der Waals surface area contributed by atoms with Crippen LogP contribution in [0.5, 0.6) is 0 Å². The molecule has 1 aromatic heterocycles. The molecule has 1 unspecified atom stereocenters. The van der Waals surface area contributed by atoms with Crippen LogP contribution in [0.4, 0.5) is 14.6 Å². The van der Waals surface area contributed by atoms with Gasteiger partial charge in [0.1, 0.15) is 5.82 Å². The number of rotatable bonds is 3. The lowest BCUT2D eigenvalue weighted by Gasteiger charge is -2.52. The maximum absolute atomic E-state index is 13.3. The van der Waals surface area contributed by atoms with Crippen molar-refractivity contribution in [2.24, 2.45) is 5.41 Å². The Bertz CT molecular complexity index is 615. The summed E-state index contributed by atoms with van der Waals surface area (Å²) in [5.74, 6) is -2.65. The van der Waals surface area contributed by atoms with E-state index in [1.807, 2.05) is 0 Å². The van der Waals surface area contributed by atoms with Crippen molar-refractivity contribution in [3.63, 3.8) is 0 Å². The number of piperidine rings is 1. The molecule has 6 nitrogen and oxygen atoms in total. The second-order valence-corrected chi connectivity index (χ2v) is 6.41. The number of esters is 1. The van der Waals surface area contributed by atoms with Crippen molar-refractivity contribution in [3.8, 4) is 0 Å². The van der Waals surface area contributed by atoms with Gasteiger partial charge in [0.15, 0.2) is 0 Å². The molecule has 1 saturated carbocycles. The number of ether oxygens (including phenoxy) is 1. The van der Waals surface area contributed by atoms with E-state index >= 15 is 0 Å². The van der Waals surface area contributed by atoms with E-state index in [1.165, 1.54) is 7.11 Å². The molecule has 8 heteroatoms. The lowest BCUT2D eigenvalue weighted by molar-refractivity contribution is -0.174. The first kappa shape index (κ1) is 16.0. The van der Waals surface area contributed by atoms with Crippen LogP contribution in [0.25, 0.3) is 0 Å². The standard InChI is InChI=1S/C15H20F2N4O2/c1-18-11-9(6-20-12(21-11)13(22)23-2)10-5-14(3-4-19-10)7-15(16,17)8-14/h6,10,19H,3-5,7-8H2,1-2H3,(H,18,20,21). The molecule has 0 bridgehead atoms. The summed E-state index contributed by atoms with van der Waals surface area (Å²) in [6, 6.07) is -0.103. The molecule has 1 aliphatic carbocycles. The molecule has 1 aliphatic heterocycles.